The normalized spacial score (nSPS) is 17.0. The molecule has 0 aliphatic carbocycles. The van der Waals surface area contributed by atoms with E-state index < -0.39 is 5.60 Å². The summed E-state index contributed by atoms with van der Waals surface area (Å²) >= 11 is 0. The number of carbonyl (C=O) groups is 1. The van der Waals surface area contributed by atoms with E-state index in [0.717, 1.165) is 58.5 Å². The van der Waals surface area contributed by atoms with Crippen LogP contribution in [0.3, 0.4) is 0 Å². The van der Waals surface area contributed by atoms with Crippen LogP contribution in [0.25, 0.3) is 0 Å². The van der Waals surface area contributed by atoms with Crippen LogP contribution in [0.1, 0.15) is 46.5 Å². The third-order valence-electron chi connectivity index (χ3n) is 3.65. The number of amides is 1. The summed E-state index contributed by atoms with van der Waals surface area (Å²) in [6, 6.07) is 0. The molecule has 0 aromatic rings. The lowest BCUT2D eigenvalue weighted by atomic mass is 9.97. The second-order valence-electron chi connectivity index (χ2n) is 6.81. The molecule has 0 saturated carbocycles. The first-order valence-corrected chi connectivity index (χ1v) is 8.10. The summed E-state index contributed by atoms with van der Waals surface area (Å²) in [6.07, 6.45) is 4.22. The summed E-state index contributed by atoms with van der Waals surface area (Å²) in [4.78, 5) is 13.8. The van der Waals surface area contributed by atoms with Crippen molar-refractivity contribution in [1.82, 2.24) is 10.2 Å². The maximum Gasteiger partial charge on any atom is 0.410 e. The number of carbonyl (C=O) groups excluding carboxylic acids is 1. The molecule has 5 heteroatoms. The second-order valence-corrected chi connectivity index (χ2v) is 6.81. The van der Waals surface area contributed by atoms with E-state index in [9.17, 15) is 4.79 Å². The largest absolute Gasteiger partial charge is 0.444 e. The van der Waals surface area contributed by atoms with E-state index >= 15 is 0 Å². The van der Waals surface area contributed by atoms with Crippen molar-refractivity contribution in [3.8, 4) is 0 Å². The molecule has 0 spiro atoms. The first kappa shape index (κ1) is 18.2. The number of hydrogen-bond donors (Lipinski definition) is 1. The van der Waals surface area contributed by atoms with Crippen LogP contribution in [-0.2, 0) is 9.47 Å². The van der Waals surface area contributed by atoms with Gasteiger partial charge in [0.2, 0.25) is 0 Å². The second kappa shape index (κ2) is 9.26. The highest BCUT2D eigenvalue weighted by Crippen LogP contribution is 2.19. The fraction of sp³-hybridized carbons (Fsp3) is 0.938. The molecule has 1 heterocycles. The minimum atomic E-state index is -0.405. The molecule has 0 aromatic carbocycles. The van der Waals surface area contributed by atoms with E-state index in [1.54, 1.807) is 7.11 Å². The minimum Gasteiger partial charge on any atom is -0.444 e. The van der Waals surface area contributed by atoms with Crippen LogP contribution in [0, 0.1) is 5.92 Å². The Morgan fingerprint density at radius 2 is 1.90 bits per heavy atom. The van der Waals surface area contributed by atoms with E-state index in [-0.39, 0.29) is 6.09 Å². The van der Waals surface area contributed by atoms with Gasteiger partial charge in [-0.25, -0.2) is 4.79 Å². The zero-order valence-electron chi connectivity index (χ0n) is 14.1. The number of nitrogens with one attached hydrogen (secondary N) is 1. The van der Waals surface area contributed by atoms with Crippen molar-refractivity contribution < 1.29 is 14.3 Å². The summed E-state index contributed by atoms with van der Waals surface area (Å²) in [7, 11) is 1.74. The Bertz CT molecular complexity index is 294. The highest BCUT2D eigenvalue weighted by molar-refractivity contribution is 5.68. The fourth-order valence-electron chi connectivity index (χ4n) is 2.45. The van der Waals surface area contributed by atoms with Gasteiger partial charge in [-0.15, -0.1) is 0 Å². The molecule has 1 aliphatic rings. The van der Waals surface area contributed by atoms with Crippen molar-refractivity contribution >= 4 is 6.09 Å². The van der Waals surface area contributed by atoms with Crippen molar-refractivity contribution in [2.75, 3.05) is 39.9 Å². The molecular weight excluding hydrogens is 268 g/mol. The Labute approximate surface area is 129 Å². The van der Waals surface area contributed by atoms with Gasteiger partial charge in [0, 0.05) is 26.8 Å². The van der Waals surface area contributed by atoms with Gasteiger partial charge in [-0.3, -0.25) is 0 Å². The first-order chi connectivity index (χ1) is 9.92. The molecule has 0 unspecified atom stereocenters. The molecule has 0 radical (unpaired) electrons. The number of ether oxygens (including phenoxy) is 2. The Kier molecular flexibility index (Phi) is 8.04. The average molecular weight is 300 g/mol. The van der Waals surface area contributed by atoms with Gasteiger partial charge >= 0.3 is 6.09 Å². The molecular formula is C16H32N2O3. The van der Waals surface area contributed by atoms with Gasteiger partial charge in [0.1, 0.15) is 5.60 Å². The highest BCUT2D eigenvalue weighted by Gasteiger charge is 2.26. The number of piperidine rings is 1. The van der Waals surface area contributed by atoms with Crippen molar-refractivity contribution in [2.24, 2.45) is 5.92 Å². The molecule has 1 N–H and O–H groups in total. The Morgan fingerprint density at radius 1 is 1.24 bits per heavy atom. The molecule has 1 saturated heterocycles. The number of hydrogen-bond acceptors (Lipinski definition) is 4. The van der Waals surface area contributed by atoms with Crippen LogP contribution in [-0.4, -0.2) is 56.5 Å². The zero-order valence-corrected chi connectivity index (χ0v) is 14.1. The quantitative estimate of drug-likeness (QED) is 0.734. The van der Waals surface area contributed by atoms with Crippen LogP contribution in [0.2, 0.25) is 0 Å². The average Bonchev–Trinajstić information content (AvgIpc) is 2.41. The Balaban J connectivity index is 2.10. The van der Waals surface area contributed by atoms with Crippen LogP contribution in [0.5, 0.6) is 0 Å². The SMILES string of the molecule is COCCCCNCC1CCN(C(=O)OC(C)(C)C)CC1. The Hall–Kier alpha value is -0.810. The zero-order chi connectivity index (χ0) is 15.7. The smallest absolute Gasteiger partial charge is 0.410 e. The van der Waals surface area contributed by atoms with E-state index in [0.29, 0.717) is 5.92 Å². The van der Waals surface area contributed by atoms with Crippen LogP contribution in [0.15, 0.2) is 0 Å². The summed E-state index contributed by atoms with van der Waals surface area (Å²) in [5.74, 6) is 0.672. The van der Waals surface area contributed by atoms with Crippen molar-refractivity contribution in [1.29, 1.82) is 0 Å². The van der Waals surface area contributed by atoms with Crippen LogP contribution < -0.4 is 5.32 Å². The van der Waals surface area contributed by atoms with Gasteiger partial charge in [-0.05, 0) is 65.5 Å². The summed E-state index contributed by atoms with van der Waals surface area (Å²) in [6.45, 7) is 10.3. The minimum absolute atomic E-state index is 0.173. The maximum absolute atomic E-state index is 12.0. The fourth-order valence-corrected chi connectivity index (χ4v) is 2.45. The molecule has 1 fully saturated rings. The molecule has 0 aromatic heterocycles. The van der Waals surface area contributed by atoms with Crippen molar-refractivity contribution in [3.63, 3.8) is 0 Å². The standard InChI is InChI=1S/C16H32N2O3/c1-16(2,3)21-15(19)18-10-7-14(8-11-18)13-17-9-5-6-12-20-4/h14,17H,5-13H2,1-4H3. The number of rotatable bonds is 7. The first-order valence-electron chi connectivity index (χ1n) is 8.10. The van der Waals surface area contributed by atoms with Crippen molar-refractivity contribution in [2.45, 2.75) is 52.1 Å². The third-order valence-corrected chi connectivity index (χ3v) is 3.65. The molecule has 0 atom stereocenters. The molecule has 0 bridgehead atoms. The maximum atomic E-state index is 12.0. The monoisotopic (exact) mass is 300 g/mol. The van der Waals surface area contributed by atoms with E-state index in [4.69, 9.17) is 9.47 Å². The van der Waals surface area contributed by atoms with Crippen molar-refractivity contribution in [3.05, 3.63) is 0 Å². The van der Waals surface area contributed by atoms with Gasteiger partial charge in [-0.1, -0.05) is 0 Å². The van der Waals surface area contributed by atoms with E-state index in [1.165, 1.54) is 0 Å². The lowest BCUT2D eigenvalue weighted by Crippen LogP contribution is -2.43. The summed E-state index contributed by atoms with van der Waals surface area (Å²) in [5.41, 5.74) is -0.405. The lowest BCUT2D eigenvalue weighted by Gasteiger charge is -2.33. The van der Waals surface area contributed by atoms with Gasteiger partial charge in [-0.2, -0.15) is 0 Å². The van der Waals surface area contributed by atoms with Gasteiger partial charge in [0.15, 0.2) is 0 Å². The molecule has 1 amide bonds. The van der Waals surface area contributed by atoms with E-state index in [2.05, 4.69) is 5.32 Å². The summed E-state index contributed by atoms with van der Waals surface area (Å²) < 4.78 is 10.4. The number of likely N-dealkylation sites (tertiary alicyclic amines) is 1. The van der Waals surface area contributed by atoms with E-state index in [1.807, 2.05) is 25.7 Å². The highest BCUT2D eigenvalue weighted by atomic mass is 16.6. The predicted molar refractivity (Wildman–Crippen MR) is 84.5 cm³/mol. The number of nitrogens with zero attached hydrogens (tertiary/aromatic N) is 1. The third kappa shape index (κ3) is 8.27. The summed E-state index contributed by atoms with van der Waals surface area (Å²) in [5, 5.41) is 3.51. The van der Waals surface area contributed by atoms with Crippen LogP contribution >= 0.6 is 0 Å². The lowest BCUT2D eigenvalue weighted by molar-refractivity contribution is 0.0184. The molecule has 1 aliphatic heterocycles. The Morgan fingerprint density at radius 3 is 2.48 bits per heavy atom. The molecule has 5 nitrogen and oxygen atoms in total. The van der Waals surface area contributed by atoms with Gasteiger partial charge in [0.25, 0.3) is 0 Å². The molecule has 21 heavy (non-hydrogen) atoms. The van der Waals surface area contributed by atoms with Crippen LogP contribution in [0.4, 0.5) is 4.79 Å². The number of methoxy groups -OCH3 is 1. The number of unbranched alkanes of at least 4 members (excludes halogenated alkanes) is 1. The molecule has 1 rings (SSSR count). The van der Waals surface area contributed by atoms with Gasteiger partial charge < -0.3 is 19.7 Å². The predicted octanol–water partition coefficient (Wildman–Crippen LogP) is 2.65. The topological polar surface area (TPSA) is 50.8 Å². The van der Waals surface area contributed by atoms with Gasteiger partial charge in [0.05, 0.1) is 0 Å². The molecule has 124 valence electrons.